The van der Waals surface area contributed by atoms with Gasteiger partial charge in [-0.05, 0) is 84.6 Å². The number of hydrogen-bond acceptors (Lipinski definition) is 7. The fourth-order valence-electron chi connectivity index (χ4n) is 5.48. The Balaban J connectivity index is 1.37. The fourth-order valence-corrected chi connectivity index (χ4v) is 6.03. The number of ether oxygens (including phenoxy) is 2. The highest BCUT2D eigenvalue weighted by Gasteiger charge is 2.25. The summed E-state index contributed by atoms with van der Waals surface area (Å²) in [6, 6.07) is 29.4. The van der Waals surface area contributed by atoms with Crippen molar-refractivity contribution >= 4 is 46.1 Å². The molecule has 0 fully saturated rings. The monoisotopic (exact) mass is 663 g/mol. The van der Waals surface area contributed by atoms with Gasteiger partial charge in [-0.3, -0.25) is 4.79 Å². The van der Waals surface area contributed by atoms with Gasteiger partial charge in [0.05, 0.1) is 24.9 Å². The predicted molar refractivity (Wildman–Crippen MR) is 189 cm³/mol. The van der Waals surface area contributed by atoms with Crippen molar-refractivity contribution in [1.29, 1.82) is 0 Å². The highest BCUT2D eigenvalue weighted by molar-refractivity contribution is 7.00. The molecule has 0 aliphatic rings. The molecule has 48 heavy (non-hydrogen) atoms. The predicted octanol–water partition coefficient (Wildman–Crippen LogP) is 10.9. The molecule has 0 radical (unpaired) electrons. The molecule has 0 saturated carbocycles. The summed E-state index contributed by atoms with van der Waals surface area (Å²) >= 11 is 0.894. The van der Waals surface area contributed by atoms with Gasteiger partial charge in [0.1, 0.15) is 28.8 Å². The first-order chi connectivity index (χ1) is 23.5. The second-order valence-electron chi connectivity index (χ2n) is 11.4. The van der Waals surface area contributed by atoms with E-state index in [9.17, 15) is 4.79 Å². The highest BCUT2D eigenvalue weighted by atomic mass is 32.1. The molecule has 6 rings (SSSR count). The van der Waals surface area contributed by atoms with Crippen molar-refractivity contribution in [3.63, 3.8) is 0 Å². The van der Waals surface area contributed by atoms with Gasteiger partial charge in [0.2, 0.25) is 0 Å². The first kappa shape index (κ1) is 32.8. The molecule has 0 aliphatic heterocycles. The molecule has 0 bridgehead atoms. The van der Waals surface area contributed by atoms with Crippen LogP contribution in [0.4, 0.5) is 25.8 Å². The number of halogens is 2. The maximum absolute atomic E-state index is 15.9. The minimum atomic E-state index is -1.02. The van der Waals surface area contributed by atoms with E-state index in [2.05, 4.69) is 27.5 Å². The molecule has 1 heterocycles. The van der Waals surface area contributed by atoms with E-state index >= 15 is 8.78 Å². The smallest absolute Gasteiger partial charge is 0.169 e. The lowest BCUT2D eigenvalue weighted by molar-refractivity contribution is 0.112. The van der Waals surface area contributed by atoms with E-state index in [1.807, 2.05) is 60.7 Å². The first-order valence-electron chi connectivity index (χ1n) is 16.1. The molecule has 1 aromatic heterocycles. The van der Waals surface area contributed by atoms with Crippen molar-refractivity contribution in [3.8, 4) is 33.8 Å². The average molecular weight is 664 g/mol. The Bertz CT molecular complexity index is 1920. The van der Waals surface area contributed by atoms with Gasteiger partial charge < -0.3 is 14.4 Å². The van der Waals surface area contributed by atoms with Gasteiger partial charge in [-0.15, -0.1) is 0 Å². The second-order valence-corrected chi connectivity index (χ2v) is 11.9. The first-order valence-corrected chi connectivity index (χ1v) is 16.8. The standard InChI is InChI=1S/C39H35F2N3O3S/c1-3-5-23-46-32-19-15-30(16-20-32)44(31-17-21-33(22-18-31)47-24-6-4-2)29-13-11-28(12-14-29)35-37(41)36(40)34(38-39(35)43-48-42-38)27-9-7-26(25-45)8-10-27/h7-22,25H,3-6,23-24H2,1-2H3. The van der Waals surface area contributed by atoms with E-state index in [-0.39, 0.29) is 22.2 Å². The minimum absolute atomic E-state index is 0.0180. The number of carbonyl (C=O) groups is 1. The Kier molecular flexibility index (Phi) is 10.4. The van der Waals surface area contributed by atoms with Crippen molar-refractivity contribution in [3.05, 3.63) is 114 Å². The molecule has 0 unspecified atom stereocenters. The van der Waals surface area contributed by atoms with Crippen molar-refractivity contribution in [1.82, 2.24) is 8.75 Å². The number of hydrogen-bond donors (Lipinski definition) is 0. The van der Waals surface area contributed by atoms with Crippen LogP contribution >= 0.6 is 11.7 Å². The Labute approximate surface area is 282 Å². The summed E-state index contributed by atoms with van der Waals surface area (Å²) in [5.41, 5.74) is 4.54. The topological polar surface area (TPSA) is 64.6 Å². The van der Waals surface area contributed by atoms with Crippen molar-refractivity contribution in [2.45, 2.75) is 39.5 Å². The van der Waals surface area contributed by atoms with Crippen LogP contribution in [-0.4, -0.2) is 28.2 Å². The van der Waals surface area contributed by atoms with Crippen LogP contribution in [0, 0.1) is 11.6 Å². The lowest BCUT2D eigenvalue weighted by Crippen LogP contribution is -2.10. The van der Waals surface area contributed by atoms with Crippen LogP contribution in [0.2, 0.25) is 0 Å². The molecule has 0 atom stereocenters. The van der Waals surface area contributed by atoms with Gasteiger partial charge >= 0.3 is 0 Å². The van der Waals surface area contributed by atoms with Crippen LogP contribution in [0.5, 0.6) is 11.5 Å². The lowest BCUT2D eigenvalue weighted by Gasteiger charge is -2.26. The van der Waals surface area contributed by atoms with E-state index in [0.717, 1.165) is 66.0 Å². The summed E-state index contributed by atoms with van der Waals surface area (Å²) in [6.45, 7) is 5.57. The molecule has 9 heteroatoms. The molecule has 0 N–H and O–H groups in total. The second kappa shape index (κ2) is 15.2. The van der Waals surface area contributed by atoms with Crippen LogP contribution in [0.25, 0.3) is 33.3 Å². The van der Waals surface area contributed by atoms with Crippen molar-refractivity contribution < 1.29 is 23.0 Å². The normalized spacial score (nSPS) is 11.1. The van der Waals surface area contributed by atoms with E-state index in [4.69, 9.17) is 9.47 Å². The van der Waals surface area contributed by atoms with E-state index < -0.39 is 11.6 Å². The lowest BCUT2D eigenvalue weighted by atomic mass is 9.95. The zero-order chi connectivity index (χ0) is 33.5. The summed E-state index contributed by atoms with van der Waals surface area (Å²) in [5.74, 6) is -0.434. The third-order valence-electron chi connectivity index (χ3n) is 8.07. The number of unbranched alkanes of at least 4 members (excludes halogenated alkanes) is 2. The van der Waals surface area contributed by atoms with Crippen LogP contribution < -0.4 is 14.4 Å². The Morgan fingerprint density at radius 2 is 1.02 bits per heavy atom. The Morgan fingerprint density at radius 1 is 0.625 bits per heavy atom. The maximum atomic E-state index is 15.9. The summed E-state index contributed by atoms with van der Waals surface area (Å²) in [6.07, 6.45) is 4.78. The number of rotatable bonds is 14. The van der Waals surface area contributed by atoms with Gasteiger partial charge in [-0.25, -0.2) is 8.78 Å². The molecule has 244 valence electrons. The number of aldehydes is 1. The Morgan fingerprint density at radius 3 is 1.42 bits per heavy atom. The molecule has 0 saturated heterocycles. The molecular formula is C39H35F2N3O3S. The molecule has 0 amide bonds. The number of nitrogens with zero attached hydrogens (tertiary/aromatic N) is 3. The summed E-state index contributed by atoms with van der Waals surface area (Å²) in [4.78, 5) is 13.2. The van der Waals surface area contributed by atoms with E-state index in [1.165, 1.54) is 0 Å². The van der Waals surface area contributed by atoms with E-state index in [1.54, 1.807) is 36.4 Å². The SMILES string of the molecule is CCCCOc1ccc(N(c2ccc(OCCCC)cc2)c2ccc(-c3c(F)c(F)c(-c4ccc(C=O)cc4)c4nsnc34)cc2)cc1. The van der Waals surface area contributed by atoms with Crippen LogP contribution in [0.15, 0.2) is 97.1 Å². The van der Waals surface area contributed by atoms with E-state index in [0.29, 0.717) is 36.2 Å². The van der Waals surface area contributed by atoms with Crippen molar-refractivity contribution in [2.75, 3.05) is 18.1 Å². The van der Waals surface area contributed by atoms with Gasteiger partial charge in [0.25, 0.3) is 0 Å². The number of anilines is 3. The quantitative estimate of drug-likeness (QED) is 0.0854. The molecular weight excluding hydrogens is 629 g/mol. The summed E-state index contributed by atoms with van der Waals surface area (Å²) in [5, 5.41) is 0. The molecule has 6 aromatic rings. The summed E-state index contributed by atoms with van der Waals surface area (Å²) < 4.78 is 52.2. The number of aromatic nitrogens is 2. The number of benzene rings is 5. The molecule has 0 spiro atoms. The molecule has 0 aliphatic carbocycles. The minimum Gasteiger partial charge on any atom is -0.494 e. The largest absolute Gasteiger partial charge is 0.494 e. The maximum Gasteiger partial charge on any atom is 0.169 e. The average Bonchev–Trinajstić information content (AvgIpc) is 3.60. The van der Waals surface area contributed by atoms with Gasteiger partial charge in [-0.2, -0.15) is 8.75 Å². The third-order valence-corrected chi connectivity index (χ3v) is 8.59. The van der Waals surface area contributed by atoms with Crippen LogP contribution in [0.1, 0.15) is 49.9 Å². The zero-order valence-corrected chi connectivity index (χ0v) is 27.6. The number of carbonyl (C=O) groups excluding carboxylic acids is 1. The van der Waals surface area contributed by atoms with Crippen molar-refractivity contribution in [2.24, 2.45) is 0 Å². The third kappa shape index (κ3) is 6.92. The van der Waals surface area contributed by atoms with Gasteiger partial charge in [-0.1, -0.05) is 63.1 Å². The molecule has 6 nitrogen and oxygen atoms in total. The van der Waals surface area contributed by atoms with Crippen LogP contribution in [-0.2, 0) is 0 Å². The van der Waals surface area contributed by atoms with Crippen LogP contribution in [0.3, 0.4) is 0 Å². The molecule has 5 aromatic carbocycles. The summed E-state index contributed by atoms with van der Waals surface area (Å²) in [7, 11) is 0. The Hall–Kier alpha value is -5.15. The highest BCUT2D eigenvalue weighted by Crippen LogP contribution is 2.41. The van der Waals surface area contributed by atoms with Gasteiger partial charge in [0, 0.05) is 33.8 Å². The fraction of sp³-hybridized carbons (Fsp3) is 0.205. The number of fused-ring (bicyclic) bond motifs is 1. The van der Waals surface area contributed by atoms with Gasteiger partial charge in [0.15, 0.2) is 11.6 Å². The zero-order valence-electron chi connectivity index (χ0n) is 26.8.